The average Bonchev–Trinajstić information content (AvgIpc) is 3.97. The molecule has 11 N–H and O–H groups in total. The van der Waals surface area contributed by atoms with Gasteiger partial charge in [-0.05, 0) is 53.9 Å². The van der Waals surface area contributed by atoms with Crippen LogP contribution < -0.4 is 36.8 Å². The van der Waals surface area contributed by atoms with Gasteiger partial charge in [0.2, 0.25) is 41.7 Å². The Hall–Kier alpha value is -7.59. The van der Waals surface area contributed by atoms with Crippen LogP contribution in [-0.4, -0.2) is 220 Å². The predicted octanol–water partition coefficient (Wildman–Crippen LogP) is -2.96. The molecule has 4 aliphatic heterocycles. The van der Waals surface area contributed by atoms with Crippen LogP contribution in [0.4, 0.5) is 5.69 Å². The smallest absolute Gasteiger partial charge is 0.317 e. The molecule has 2 saturated heterocycles. The number of hydrogen-bond donors (Lipinski definition) is 11. The van der Waals surface area contributed by atoms with E-state index in [0.29, 0.717) is 30.5 Å². The van der Waals surface area contributed by atoms with Gasteiger partial charge in [-0.1, -0.05) is 62.7 Å². The molecular weight excluding hydrogens is 1050 g/mol. The molecule has 2 aromatic rings. The Balaban J connectivity index is 0.985. The number of carbonyl (C=O) groups is 11. The van der Waals surface area contributed by atoms with Crippen molar-refractivity contribution in [2.75, 3.05) is 76.9 Å². The minimum Gasteiger partial charge on any atom is -0.481 e. The van der Waals surface area contributed by atoms with Crippen molar-refractivity contribution in [1.29, 1.82) is 0 Å². The van der Waals surface area contributed by atoms with Gasteiger partial charge < -0.3 is 62.2 Å². The van der Waals surface area contributed by atoms with Crippen molar-refractivity contribution in [3.05, 3.63) is 64.7 Å². The van der Waals surface area contributed by atoms with Crippen LogP contribution in [0.5, 0.6) is 0 Å². The molecule has 8 atom stereocenters. The lowest BCUT2D eigenvalue weighted by Gasteiger charge is -2.33. The molecule has 27 nitrogen and oxygen atoms in total. The summed E-state index contributed by atoms with van der Waals surface area (Å²) >= 11 is 0. The molecule has 0 bridgehead atoms. The number of cyclic esters (lactones) is 1. The summed E-state index contributed by atoms with van der Waals surface area (Å²) in [4.78, 5) is 146. The summed E-state index contributed by atoms with van der Waals surface area (Å²) in [5, 5.41) is 64.5. The van der Waals surface area contributed by atoms with Crippen molar-refractivity contribution < 1.29 is 83.0 Å². The van der Waals surface area contributed by atoms with Crippen molar-refractivity contribution in [3.63, 3.8) is 0 Å². The number of carboxylic acid groups (broad SMARTS) is 4. The van der Waals surface area contributed by atoms with E-state index in [1.165, 1.54) is 4.90 Å². The number of benzene rings is 2. The summed E-state index contributed by atoms with van der Waals surface area (Å²) in [7, 11) is 0. The molecule has 0 aliphatic carbocycles. The maximum absolute atomic E-state index is 14.3. The number of aliphatic carboxylic acids is 4. The first-order valence-electron chi connectivity index (χ1n) is 26.7. The van der Waals surface area contributed by atoms with Crippen LogP contribution in [0.25, 0.3) is 0 Å². The van der Waals surface area contributed by atoms with E-state index in [1.807, 2.05) is 19.1 Å². The van der Waals surface area contributed by atoms with E-state index in [2.05, 4.69) is 31.9 Å². The van der Waals surface area contributed by atoms with Crippen LogP contribution in [0.15, 0.2) is 42.5 Å². The Morgan fingerprint density at radius 1 is 0.738 bits per heavy atom. The number of esters is 1. The lowest BCUT2D eigenvalue weighted by molar-refractivity contribution is -0.155. The molecule has 6 amide bonds. The molecule has 80 heavy (non-hydrogen) atoms. The van der Waals surface area contributed by atoms with Crippen molar-refractivity contribution in [1.82, 2.24) is 46.6 Å². The Labute approximate surface area is 461 Å². The van der Waals surface area contributed by atoms with Crippen molar-refractivity contribution in [2.24, 2.45) is 5.92 Å². The third-order valence-electron chi connectivity index (χ3n) is 14.7. The van der Waals surface area contributed by atoms with Gasteiger partial charge in [0.1, 0.15) is 24.2 Å². The van der Waals surface area contributed by atoms with E-state index in [-0.39, 0.29) is 104 Å². The van der Waals surface area contributed by atoms with Crippen LogP contribution in [-0.2, 0) is 83.2 Å². The first kappa shape index (κ1) is 61.6. The number of aliphatic hydroxyl groups is 1. The standard InChI is InChI=1S/C53H72N10O17/c1-3-30(2)48(51(77)57-37-13-11-33-5-4-6-34-21-39(63(49(33)34)52(37)78)50(76)58-38-22-47(75)80-53(38)79)59-42(66)25-55-41(65)24-54-23-35(12-14-43(67)68)56-40(64)20-32-9-7-31(8-10-32)19-36-26-61(28-45(71)72)16-15-60(27-44(69)70)17-18-62(36)29-46(73)74/h4-10,30,35-39,48,53-54,79H,3,11-29H2,1-2H3,(H,55,65)(H,56,64)(H,57,77)(H,58,76)(H,59,66)(H,67,68)(H,69,70)(H,71,72)(H,73,74)/t30-,35?,36?,37-,38?,39-,48-,53?/m0/s1. The molecule has 0 aromatic heterocycles. The summed E-state index contributed by atoms with van der Waals surface area (Å²) in [6, 6.07) is 6.92. The normalized spacial score (nSPS) is 21.7. The number of amides is 6. The minimum atomic E-state index is -1.54. The Kier molecular flexibility index (Phi) is 22.4. The zero-order valence-corrected chi connectivity index (χ0v) is 44.7. The van der Waals surface area contributed by atoms with Gasteiger partial charge in [0, 0.05) is 64.2 Å². The molecule has 0 spiro atoms. The highest BCUT2D eigenvalue weighted by atomic mass is 16.6. The maximum atomic E-state index is 14.3. The number of carboxylic acids is 4. The molecule has 0 radical (unpaired) electrons. The number of hydrogen-bond acceptors (Lipinski definition) is 17. The lowest BCUT2D eigenvalue weighted by Crippen LogP contribution is -2.59. The fourth-order valence-electron chi connectivity index (χ4n) is 10.4. The zero-order chi connectivity index (χ0) is 58.2. The van der Waals surface area contributed by atoms with Crippen molar-refractivity contribution >= 4 is 71.0 Å². The second kappa shape index (κ2) is 29.0. The second-order valence-corrected chi connectivity index (χ2v) is 20.7. The maximum Gasteiger partial charge on any atom is 0.317 e. The molecule has 6 rings (SSSR count). The zero-order valence-electron chi connectivity index (χ0n) is 44.7. The van der Waals surface area contributed by atoms with Crippen molar-refractivity contribution in [2.45, 2.75) is 114 Å². The van der Waals surface area contributed by atoms with Gasteiger partial charge in [0.15, 0.2) is 0 Å². The van der Waals surface area contributed by atoms with Gasteiger partial charge >= 0.3 is 29.8 Å². The first-order chi connectivity index (χ1) is 38.1. The molecule has 2 fully saturated rings. The molecule has 0 saturated carbocycles. The highest BCUT2D eigenvalue weighted by molar-refractivity contribution is 6.08. The van der Waals surface area contributed by atoms with Crippen LogP contribution in [0, 0.1) is 5.92 Å². The van der Waals surface area contributed by atoms with Gasteiger partial charge in [0.25, 0.3) is 0 Å². The van der Waals surface area contributed by atoms with E-state index >= 15 is 0 Å². The number of rotatable bonds is 27. The second-order valence-electron chi connectivity index (χ2n) is 20.7. The lowest BCUT2D eigenvalue weighted by atomic mass is 9.97. The van der Waals surface area contributed by atoms with Crippen LogP contribution in [0.2, 0.25) is 0 Å². The average molecular weight is 1120 g/mol. The first-order valence-corrected chi connectivity index (χ1v) is 26.7. The predicted molar refractivity (Wildman–Crippen MR) is 281 cm³/mol. The topological polar surface area (TPSA) is 383 Å². The van der Waals surface area contributed by atoms with Gasteiger partial charge in [0.05, 0.1) is 51.3 Å². The number of para-hydroxylation sites is 1. The Morgan fingerprint density at radius 3 is 2.06 bits per heavy atom. The molecule has 2 aromatic carbocycles. The third kappa shape index (κ3) is 18.0. The minimum absolute atomic E-state index is 0.0100. The number of ether oxygens (including phenoxy) is 1. The summed E-state index contributed by atoms with van der Waals surface area (Å²) < 4.78 is 4.76. The SMILES string of the molecule is CC[C@H](C)[C@H](NC(=O)CNC(=O)CNCC(CCC(=O)O)NC(=O)Cc1ccc(CC2CN(CC(=O)O)CCN(CC(=O)O)CCN2CC(=O)O)cc1)C(=O)N[C@H]1CCc2cccc3c2N(C1=O)[C@H](C(=O)NC1CC(=O)OC1O)C3. The summed E-state index contributed by atoms with van der Waals surface area (Å²) in [6.07, 6.45) is -0.726. The number of aryl methyl sites for hydroxylation is 1. The van der Waals surface area contributed by atoms with E-state index in [1.54, 1.807) is 52.0 Å². The number of carbonyl (C=O) groups excluding carboxylic acids is 7. The monoisotopic (exact) mass is 1120 g/mol. The fourth-order valence-corrected chi connectivity index (χ4v) is 10.4. The van der Waals surface area contributed by atoms with Gasteiger partial charge in [-0.15, -0.1) is 0 Å². The molecule has 436 valence electrons. The van der Waals surface area contributed by atoms with E-state index in [0.717, 1.165) is 16.7 Å². The van der Waals surface area contributed by atoms with E-state index < -0.39 is 120 Å². The van der Waals surface area contributed by atoms with Crippen LogP contribution in [0.1, 0.15) is 68.2 Å². The number of nitrogens with zero attached hydrogens (tertiary/aromatic N) is 4. The van der Waals surface area contributed by atoms with Crippen LogP contribution in [0.3, 0.4) is 0 Å². The molecule has 4 heterocycles. The van der Waals surface area contributed by atoms with Gasteiger partial charge in [-0.3, -0.25) is 72.3 Å². The fraction of sp³-hybridized carbons (Fsp3) is 0.566. The third-order valence-corrected chi connectivity index (χ3v) is 14.7. The van der Waals surface area contributed by atoms with Crippen molar-refractivity contribution in [3.8, 4) is 0 Å². The van der Waals surface area contributed by atoms with E-state index in [4.69, 9.17) is 4.74 Å². The number of nitrogens with one attached hydrogen (secondary N) is 6. The Bertz CT molecular complexity index is 2620. The molecule has 4 aliphatic rings. The van der Waals surface area contributed by atoms with E-state index in [9.17, 15) is 78.3 Å². The van der Waals surface area contributed by atoms with Crippen LogP contribution >= 0.6 is 0 Å². The number of anilines is 1. The van der Waals surface area contributed by atoms with Gasteiger partial charge in [-0.2, -0.15) is 0 Å². The molecule has 27 heteroatoms. The van der Waals surface area contributed by atoms with Gasteiger partial charge in [-0.25, -0.2) is 0 Å². The molecular formula is C53H72N10O17. The number of aliphatic hydroxyl groups excluding tert-OH is 1. The Morgan fingerprint density at radius 2 is 1.40 bits per heavy atom. The summed E-state index contributed by atoms with van der Waals surface area (Å²) in [5.41, 5.74) is 3.45. The molecule has 4 unspecified atom stereocenters. The largest absolute Gasteiger partial charge is 0.481 e. The summed E-state index contributed by atoms with van der Waals surface area (Å²) in [5.74, 6) is -9.09. The quantitative estimate of drug-likeness (QED) is 0.0398. The highest BCUT2D eigenvalue weighted by Gasteiger charge is 2.46. The summed E-state index contributed by atoms with van der Waals surface area (Å²) in [6.45, 7) is 2.87. The highest BCUT2D eigenvalue weighted by Crippen LogP contribution is 2.39.